The van der Waals surface area contributed by atoms with Gasteiger partial charge in [0.25, 0.3) is 11.1 Å². The zero-order valence-electron chi connectivity index (χ0n) is 13.6. The minimum atomic E-state index is -0.258. The Balaban J connectivity index is 1.74. The van der Waals surface area contributed by atoms with Crippen LogP contribution in [-0.4, -0.2) is 22.7 Å². The van der Waals surface area contributed by atoms with E-state index in [0.29, 0.717) is 11.5 Å². The van der Waals surface area contributed by atoms with Crippen LogP contribution in [0.15, 0.2) is 57.9 Å². The molecule has 2 aromatic carbocycles. The quantitative estimate of drug-likeness (QED) is 0.635. The lowest BCUT2D eigenvalue weighted by atomic mass is 10.2. The fraction of sp³-hybridized carbons (Fsp3) is 0.158. The predicted octanol–water partition coefficient (Wildman–Crippen LogP) is 5.08. The number of halogens is 1. The normalized spacial score (nSPS) is 15.9. The standard InChI is InChI=1S/C19H16BrNO3S/c1-2-24-16-9-5-13(6-10-16)11-17-18(22)21(19(23)25-17)12-14-3-7-15(20)8-4-14/h3-11H,2,12H2,1H3. The summed E-state index contributed by atoms with van der Waals surface area (Å²) in [4.78, 5) is 26.4. The Morgan fingerprint density at radius 3 is 2.40 bits per heavy atom. The smallest absolute Gasteiger partial charge is 0.293 e. The number of rotatable bonds is 5. The maximum absolute atomic E-state index is 12.5. The van der Waals surface area contributed by atoms with Gasteiger partial charge in [-0.1, -0.05) is 40.2 Å². The van der Waals surface area contributed by atoms with Crippen LogP contribution in [0.25, 0.3) is 6.08 Å². The molecule has 1 heterocycles. The zero-order chi connectivity index (χ0) is 17.8. The van der Waals surface area contributed by atoms with Crippen LogP contribution < -0.4 is 4.74 Å². The molecule has 0 unspecified atom stereocenters. The summed E-state index contributed by atoms with van der Waals surface area (Å²) >= 11 is 4.35. The molecule has 128 valence electrons. The number of hydrogen-bond donors (Lipinski definition) is 0. The molecule has 1 fully saturated rings. The fourth-order valence-electron chi connectivity index (χ4n) is 2.39. The Labute approximate surface area is 159 Å². The summed E-state index contributed by atoms with van der Waals surface area (Å²) in [7, 11) is 0. The van der Waals surface area contributed by atoms with Crippen LogP contribution in [0.3, 0.4) is 0 Å². The summed E-state index contributed by atoms with van der Waals surface area (Å²) in [6.45, 7) is 2.81. The first-order valence-electron chi connectivity index (χ1n) is 7.79. The number of thioether (sulfide) groups is 1. The SMILES string of the molecule is CCOc1ccc(C=C2SC(=O)N(Cc3ccc(Br)cc3)C2=O)cc1. The molecule has 2 aromatic rings. The second kappa shape index (κ2) is 7.89. The number of carbonyl (C=O) groups excluding carboxylic acids is 2. The summed E-state index contributed by atoms with van der Waals surface area (Å²) in [5.74, 6) is 0.523. The van der Waals surface area contributed by atoms with Gasteiger partial charge >= 0.3 is 0 Å². The number of nitrogens with zero attached hydrogens (tertiary/aromatic N) is 1. The van der Waals surface area contributed by atoms with E-state index in [-0.39, 0.29) is 17.7 Å². The molecule has 0 N–H and O–H groups in total. The second-order valence-corrected chi connectivity index (χ2v) is 7.31. The van der Waals surface area contributed by atoms with Gasteiger partial charge in [-0.15, -0.1) is 0 Å². The predicted molar refractivity (Wildman–Crippen MR) is 103 cm³/mol. The molecule has 25 heavy (non-hydrogen) atoms. The summed E-state index contributed by atoms with van der Waals surface area (Å²) in [6.07, 6.45) is 1.74. The minimum absolute atomic E-state index is 0.245. The van der Waals surface area contributed by atoms with E-state index in [2.05, 4.69) is 15.9 Å². The summed E-state index contributed by atoms with van der Waals surface area (Å²) in [6, 6.07) is 15.0. The summed E-state index contributed by atoms with van der Waals surface area (Å²) in [5, 5.41) is -0.245. The van der Waals surface area contributed by atoms with Crippen LogP contribution in [0.4, 0.5) is 4.79 Å². The third kappa shape index (κ3) is 4.32. The molecule has 4 nitrogen and oxygen atoms in total. The Bertz CT molecular complexity index is 816. The zero-order valence-corrected chi connectivity index (χ0v) is 16.0. The Kier molecular flexibility index (Phi) is 5.60. The molecule has 0 aliphatic carbocycles. The van der Waals surface area contributed by atoms with Crippen molar-refractivity contribution in [3.63, 3.8) is 0 Å². The van der Waals surface area contributed by atoms with Crippen LogP contribution >= 0.6 is 27.7 Å². The summed E-state index contributed by atoms with van der Waals surface area (Å²) in [5.41, 5.74) is 1.77. The molecule has 6 heteroatoms. The highest BCUT2D eigenvalue weighted by Crippen LogP contribution is 2.33. The number of amides is 2. The fourth-order valence-corrected chi connectivity index (χ4v) is 3.49. The van der Waals surface area contributed by atoms with Crippen LogP contribution in [0, 0.1) is 0 Å². The van der Waals surface area contributed by atoms with Crippen molar-refractivity contribution < 1.29 is 14.3 Å². The Morgan fingerprint density at radius 1 is 1.08 bits per heavy atom. The number of hydrogen-bond acceptors (Lipinski definition) is 4. The molecule has 1 aliphatic rings. The topological polar surface area (TPSA) is 46.6 Å². The van der Waals surface area contributed by atoms with E-state index in [0.717, 1.165) is 33.1 Å². The van der Waals surface area contributed by atoms with Gasteiger partial charge in [-0.25, -0.2) is 0 Å². The maximum Gasteiger partial charge on any atom is 0.293 e. The Hall–Kier alpha value is -2.05. The largest absolute Gasteiger partial charge is 0.494 e. The minimum Gasteiger partial charge on any atom is -0.494 e. The van der Waals surface area contributed by atoms with Crippen LogP contribution in [0.1, 0.15) is 18.1 Å². The molecular formula is C19H16BrNO3S. The number of imide groups is 1. The van der Waals surface area contributed by atoms with Crippen molar-refractivity contribution in [2.75, 3.05) is 6.61 Å². The molecule has 0 aromatic heterocycles. The van der Waals surface area contributed by atoms with Gasteiger partial charge in [0, 0.05) is 4.47 Å². The van der Waals surface area contributed by atoms with E-state index in [1.807, 2.05) is 55.5 Å². The van der Waals surface area contributed by atoms with Crippen molar-refractivity contribution in [1.29, 1.82) is 0 Å². The maximum atomic E-state index is 12.5. The lowest BCUT2D eigenvalue weighted by Gasteiger charge is -2.12. The molecule has 0 atom stereocenters. The third-order valence-electron chi connectivity index (χ3n) is 3.62. The number of carbonyl (C=O) groups is 2. The third-order valence-corrected chi connectivity index (χ3v) is 5.05. The monoisotopic (exact) mass is 417 g/mol. The molecule has 1 aliphatic heterocycles. The van der Waals surface area contributed by atoms with Crippen LogP contribution in [0.2, 0.25) is 0 Å². The molecule has 0 bridgehead atoms. The van der Waals surface area contributed by atoms with Crippen molar-refractivity contribution in [3.05, 3.63) is 69.0 Å². The van der Waals surface area contributed by atoms with E-state index in [1.165, 1.54) is 4.90 Å². The number of benzene rings is 2. The molecular weight excluding hydrogens is 402 g/mol. The van der Waals surface area contributed by atoms with Gasteiger partial charge in [-0.2, -0.15) is 0 Å². The first-order chi connectivity index (χ1) is 12.1. The molecule has 1 saturated heterocycles. The van der Waals surface area contributed by atoms with Gasteiger partial charge < -0.3 is 4.74 Å². The summed E-state index contributed by atoms with van der Waals surface area (Å²) < 4.78 is 6.36. The molecule has 2 amide bonds. The van der Waals surface area contributed by atoms with Gasteiger partial charge in [-0.3, -0.25) is 14.5 Å². The average molecular weight is 418 g/mol. The van der Waals surface area contributed by atoms with Crippen molar-refractivity contribution in [3.8, 4) is 5.75 Å². The van der Waals surface area contributed by atoms with E-state index in [4.69, 9.17) is 4.74 Å². The van der Waals surface area contributed by atoms with Gasteiger partial charge in [-0.05, 0) is 60.2 Å². The van der Waals surface area contributed by atoms with Crippen LogP contribution in [0.5, 0.6) is 5.75 Å². The van der Waals surface area contributed by atoms with Crippen LogP contribution in [-0.2, 0) is 11.3 Å². The molecule has 0 saturated carbocycles. The highest BCUT2D eigenvalue weighted by molar-refractivity contribution is 9.10. The highest BCUT2D eigenvalue weighted by Gasteiger charge is 2.34. The van der Waals surface area contributed by atoms with E-state index < -0.39 is 0 Å². The van der Waals surface area contributed by atoms with Gasteiger partial charge in [0.05, 0.1) is 18.1 Å². The Morgan fingerprint density at radius 2 is 1.76 bits per heavy atom. The lowest BCUT2D eigenvalue weighted by Crippen LogP contribution is -2.27. The van der Waals surface area contributed by atoms with Crippen molar-refractivity contribution in [2.45, 2.75) is 13.5 Å². The van der Waals surface area contributed by atoms with Crippen molar-refractivity contribution in [1.82, 2.24) is 4.90 Å². The van der Waals surface area contributed by atoms with E-state index in [9.17, 15) is 9.59 Å². The average Bonchev–Trinajstić information content (AvgIpc) is 2.86. The van der Waals surface area contributed by atoms with E-state index >= 15 is 0 Å². The van der Waals surface area contributed by atoms with Crippen molar-refractivity contribution >= 4 is 44.9 Å². The van der Waals surface area contributed by atoms with Crippen molar-refractivity contribution in [2.24, 2.45) is 0 Å². The molecule has 0 radical (unpaired) electrons. The molecule has 3 rings (SSSR count). The number of ether oxygens (including phenoxy) is 1. The molecule has 0 spiro atoms. The van der Waals surface area contributed by atoms with Gasteiger partial charge in [0.1, 0.15) is 5.75 Å². The second-order valence-electron chi connectivity index (χ2n) is 5.40. The first-order valence-corrected chi connectivity index (χ1v) is 9.40. The lowest BCUT2D eigenvalue weighted by molar-refractivity contribution is -0.123. The van der Waals surface area contributed by atoms with Gasteiger partial charge in [0.2, 0.25) is 0 Å². The van der Waals surface area contributed by atoms with E-state index in [1.54, 1.807) is 6.08 Å². The van der Waals surface area contributed by atoms with Gasteiger partial charge in [0.15, 0.2) is 0 Å². The first kappa shape index (κ1) is 17.8. The highest BCUT2D eigenvalue weighted by atomic mass is 79.9.